The van der Waals surface area contributed by atoms with E-state index in [0.717, 1.165) is 5.56 Å². The normalized spacial score (nSPS) is 12.1. The summed E-state index contributed by atoms with van der Waals surface area (Å²) in [5.74, 6) is -1.36. The fraction of sp³-hybridized carbons (Fsp3) is 0.188. The van der Waals surface area contributed by atoms with Gasteiger partial charge in [0.25, 0.3) is 0 Å². The Labute approximate surface area is 138 Å². The zero-order valence-electron chi connectivity index (χ0n) is 12.6. The van der Waals surface area contributed by atoms with Gasteiger partial charge in [-0.05, 0) is 18.2 Å². The second-order valence-electron chi connectivity index (χ2n) is 4.68. The summed E-state index contributed by atoms with van der Waals surface area (Å²) in [5.41, 5.74) is 1.18. The van der Waals surface area contributed by atoms with Crippen molar-refractivity contribution in [3.63, 3.8) is 0 Å². The van der Waals surface area contributed by atoms with Crippen LogP contribution in [0.3, 0.4) is 0 Å². The molecule has 0 bridgehead atoms. The van der Waals surface area contributed by atoms with Gasteiger partial charge in [-0.2, -0.15) is 5.10 Å². The number of benzene rings is 1. The van der Waals surface area contributed by atoms with Crippen LogP contribution in [0.5, 0.6) is 0 Å². The summed E-state index contributed by atoms with van der Waals surface area (Å²) >= 11 is 5.90. The van der Waals surface area contributed by atoms with Gasteiger partial charge in [0, 0.05) is 35.5 Å². The predicted octanol–water partition coefficient (Wildman–Crippen LogP) is 2.54. The number of carbonyl (C=O) groups excluding carboxylic acids is 2. The van der Waals surface area contributed by atoms with Gasteiger partial charge < -0.3 is 9.47 Å². The fourth-order valence-corrected chi connectivity index (χ4v) is 2.07. The van der Waals surface area contributed by atoms with Crippen molar-refractivity contribution in [1.82, 2.24) is 9.78 Å². The van der Waals surface area contributed by atoms with Gasteiger partial charge in [-0.25, -0.2) is 9.59 Å². The van der Waals surface area contributed by atoms with Crippen LogP contribution in [0.15, 0.2) is 42.7 Å². The van der Waals surface area contributed by atoms with E-state index in [-0.39, 0.29) is 0 Å². The first-order chi connectivity index (χ1) is 11.0. The number of methoxy groups -OCH3 is 1. The average molecular weight is 335 g/mol. The second kappa shape index (κ2) is 7.60. The number of carbonyl (C=O) groups is 2. The lowest BCUT2D eigenvalue weighted by molar-refractivity contribution is -0.163. The van der Waals surface area contributed by atoms with Crippen molar-refractivity contribution in [2.75, 3.05) is 7.11 Å². The number of halogens is 1. The first kappa shape index (κ1) is 16.8. The van der Waals surface area contributed by atoms with Crippen LogP contribution in [0.25, 0.3) is 6.08 Å². The zero-order valence-corrected chi connectivity index (χ0v) is 13.4. The number of hydrogen-bond donors (Lipinski definition) is 0. The van der Waals surface area contributed by atoms with Gasteiger partial charge in [-0.15, -0.1) is 0 Å². The van der Waals surface area contributed by atoms with Gasteiger partial charge in [-0.3, -0.25) is 4.68 Å². The van der Waals surface area contributed by atoms with Crippen LogP contribution in [0.1, 0.15) is 17.2 Å². The van der Waals surface area contributed by atoms with E-state index in [0.29, 0.717) is 10.6 Å². The maximum Gasteiger partial charge on any atom is 0.351 e. The molecule has 23 heavy (non-hydrogen) atoms. The molecule has 0 saturated carbocycles. The molecule has 0 N–H and O–H groups in total. The molecule has 0 unspecified atom stereocenters. The van der Waals surface area contributed by atoms with Gasteiger partial charge in [0.2, 0.25) is 6.10 Å². The standard InChI is InChI=1S/C16H15ClN2O4/c1-19-10-11(9-18-19)6-7-14(20)23-15(16(21)22-2)12-4-3-5-13(17)8-12/h3-10,15H,1-2H3/b7-6-/t15-/m1/s1. The van der Waals surface area contributed by atoms with Gasteiger partial charge >= 0.3 is 11.9 Å². The number of nitrogens with zero attached hydrogens (tertiary/aromatic N) is 2. The molecular formula is C16H15ClN2O4. The number of ether oxygens (including phenoxy) is 2. The Hall–Kier alpha value is -2.60. The van der Waals surface area contributed by atoms with Crippen LogP contribution in [0.4, 0.5) is 0 Å². The average Bonchev–Trinajstić information content (AvgIpc) is 2.95. The first-order valence-corrected chi connectivity index (χ1v) is 7.08. The van der Waals surface area contributed by atoms with E-state index in [2.05, 4.69) is 9.84 Å². The molecule has 1 aromatic carbocycles. The highest BCUT2D eigenvalue weighted by atomic mass is 35.5. The minimum Gasteiger partial charge on any atom is -0.466 e. The lowest BCUT2D eigenvalue weighted by Gasteiger charge is -2.15. The molecule has 1 heterocycles. The number of rotatable bonds is 5. The van der Waals surface area contributed by atoms with Crippen LogP contribution in [0.2, 0.25) is 5.02 Å². The Morgan fingerprint density at radius 1 is 1.39 bits per heavy atom. The SMILES string of the molecule is COC(=O)[C@H](OC(=O)/C=C\c1cnn(C)c1)c1cccc(Cl)c1. The summed E-state index contributed by atoms with van der Waals surface area (Å²) < 4.78 is 11.5. The predicted molar refractivity (Wildman–Crippen MR) is 84.5 cm³/mol. The molecule has 2 rings (SSSR count). The Balaban J connectivity index is 2.13. The molecule has 0 saturated heterocycles. The Morgan fingerprint density at radius 2 is 2.17 bits per heavy atom. The highest BCUT2D eigenvalue weighted by molar-refractivity contribution is 6.30. The van der Waals surface area contributed by atoms with Crippen molar-refractivity contribution in [2.45, 2.75) is 6.10 Å². The molecular weight excluding hydrogens is 320 g/mol. The lowest BCUT2D eigenvalue weighted by Crippen LogP contribution is -2.20. The van der Waals surface area contributed by atoms with Gasteiger partial charge in [0.1, 0.15) is 0 Å². The van der Waals surface area contributed by atoms with Gasteiger partial charge in [0.05, 0.1) is 13.3 Å². The minimum atomic E-state index is -1.18. The molecule has 0 aliphatic heterocycles. The van der Waals surface area contributed by atoms with Crippen molar-refractivity contribution in [3.05, 3.63) is 58.9 Å². The molecule has 1 aromatic heterocycles. The van der Waals surface area contributed by atoms with E-state index in [1.54, 1.807) is 54.5 Å². The molecule has 1 atom stereocenters. The fourth-order valence-electron chi connectivity index (χ4n) is 1.87. The maximum atomic E-state index is 11.9. The van der Waals surface area contributed by atoms with Gasteiger partial charge in [0.15, 0.2) is 0 Å². The smallest absolute Gasteiger partial charge is 0.351 e. The molecule has 7 heteroatoms. The van der Waals surface area contributed by atoms with E-state index in [1.807, 2.05) is 0 Å². The van der Waals surface area contributed by atoms with E-state index < -0.39 is 18.0 Å². The Bertz CT molecular complexity index is 739. The van der Waals surface area contributed by atoms with E-state index in [9.17, 15) is 9.59 Å². The highest BCUT2D eigenvalue weighted by Crippen LogP contribution is 2.22. The monoisotopic (exact) mass is 334 g/mol. The molecule has 0 aliphatic rings. The molecule has 0 radical (unpaired) electrons. The Kier molecular flexibility index (Phi) is 5.54. The molecule has 0 spiro atoms. The topological polar surface area (TPSA) is 70.4 Å². The first-order valence-electron chi connectivity index (χ1n) is 6.70. The molecule has 0 amide bonds. The highest BCUT2D eigenvalue weighted by Gasteiger charge is 2.25. The van der Waals surface area contributed by atoms with Crippen molar-refractivity contribution in [2.24, 2.45) is 7.05 Å². The molecule has 2 aromatic rings. The van der Waals surface area contributed by atoms with E-state index in [4.69, 9.17) is 16.3 Å². The molecule has 0 aliphatic carbocycles. The summed E-state index contributed by atoms with van der Waals surface area (Å²) in [5, 5.41) is 4.41. The largest absolute Gasteiger partial charge is 0.466 e. The van der Waals surface area contributed by atoms with Crippen LogP contribution in [-0.4, -0.2) is 28.8 Å². The number of aromatic nitrogens is 2. The lowest BCUT2D eigenvalue weighted by atomic mass is 10.1. The minimum absolute atomic E-state index is 0.429. The van der Waals surface area contributed by atoms with Crippen molar-refractivity contribution < 1.29 is 19.1 Å². The summed E-state index contributed by atoms with van der Waals surface area (Å²) in [4.78, 5) is 23.8. The molecule has 0 fully saturated rings. The number of esters is 2. The zero-order chi connectivity index (χ0) is 16.8. The molecule has 6 nitrogen and oxygen atoms in total. The number of hydrogen-bond acceptors (Lipinski definition) is 5. The quantitative estimate of drug-likeness (QED) is 0.620. The van der Waals surface area contributed by atoms with Crippen molar-refractivity contribution in [1.29, 1.82) is 0 Å². The summed E-state index contributed by atoms with van der Waals surface area (Å²) in [6, 6.07) is 6.49. The van der Waals surface area contributed by atoms with Crippen LogP contribution >= 0.6 is 11.6 Å². The molecule has 120 valence electrons. The van der Waals surface area contributed by atoms with Crippen LogP contribution in [0, 0.1) is 0 Å². The third kappa shape index (κ3) is 4.69. The second-order valence-corrected chi connectivity index (χ2v) is 5.11. The van der Waals surface area contributed by atoms with Crippen LogP contribution in [-0.2, 0) is 26.1 Å². The number of aryl methyl sites for hydroxylation is 1. The van der Waals surface area contributed by atoms with E-state index in [1.165, 1.54) is 13.2 Å². The third-order valence-corrected chi connectivity index (χ3v) is 3.17. The maximum absolute atomic E-state index is 11.9. The third-order valence-electron chi connectivity index (χ3n) is 2.94. The van der Waals surface area contributed by atoms with Crippen molar-refractivity contribution in [3.8, 4) is 0 Å². The van der Waals surface area contributed by atoms with E-state index >= 15 is 0 Å². The van der Waals surface area contributed by atoms with Crippen LogP contribution < -0.4 is 0 Å². The summed E-state index contributed by atoms with van der Waals surface area (Å²) in [6.07, 6.45) is 4.92. The van der Waals surface area contributed by atoms with Crippen molar-refractivity contribution >= 4 is 29.6 Å². The Morgan fingerprint density at radius 3 is 2.78 bits per heavy atom. The summed E-state index contributed by atoms with van der Waals surface area (Å²) in [6.45, 7) is 0. The van der Waals surface area contributed by atoms with Gasteiger partial charge in [-0.1, -0.05) is 23.7 Å². The summed E-state index contributed by atoms with van der Waals surface area (Å²) in [7, 11) is 2.99.